The molecule has 0 unspecified atom stereocenters. The molecule has 0 N–H and O–H groups in total. The number of hydrogen-bond acceptors (Lipinski definition) is 0. The molecule has 3 heteroatoms. The first-order valence-corrected chi connectivity index (χ1v) is 13.0. The molecule has 0 saturated heterocycles. The van der Waals surface area contributed by atoms with Crippen LogP contribution in [-0.4, -0.2) is 6.15 Å². The van der Waals surface area contributed by atoms with Gasteiger partial charge in [-0.1, -0.05) is 150 Å². The van der Waals surface area contributed by atoms with Crippen molar-refractivity contribution in [2.24, 2.45) is 0 Å². The third-order valence-electron chi connectivity index (χ3n) is 5.10. The summed E-state index contributed by atoms with van der Waals surface area (Å²) >= 11 is 0. The van der Waals surface area contributed by atoms with Gasteiger partial charge in [0.2, 0.25) is 6.15 Å². The lowest BCUT2D eigenvalue weighted by atomic mass is 10.0. The Bertz CT molecular complexity index is 830. The molecule has 0 saturated carbocycles. The van der Waals surface area contributed by atoms with Crippen LogP contribution in [0, 0.1) is 0 Å². The maximum absolute atomic E-state index is 2.37. The molecule has 0 amide bonds. The van der Waals surface area contributed by atoms with E-state index in [9.17, 15) is 0 Å². The monoisotopic (exact) mass is 410 g/mol. The van der Waals surface area contributed by atoms with E-state index in [0.717, 1.165) is 6.32 Å². The fourth-order valence-corrected chi connectivity index (χ4v) is 11.0. The van der Waals surface area contributed by atoms with Gasteiger partial charge in [0.25, 0.3) is 0 Å². The van der Waals surface area contributed by atoms with Crippen LogP contribution < -0.4 is 21.2 Å². The summed E-state index contributed by atoms with van der Waals surface area (Å²) in [5.41, 5.74) is 0. The van der Waals surface area contributed by atoms with Crippen molar-refractivity contribution in [3.05, 3.63) is 121 Å². The molecular weight excluding hydrogens is 385 g/mol. The van der Waals surface area contributed by atoms with E-state index in [0.29, 0.717) is 6.15 Å². The van der Waals surface area contributed by atoms with Crippen LogP contribution in [0.25, 0.3) is 0 Å². The molecular formula is C26H25BP2. The predicted molar refractivity (Wildman–Crippen MR) is 134 cm³/mol. The molecule has 0 aromatic heterocycles. The minimum atomic E-state index is -0.472. The maximum atomic E-state index is 2.37. The predicted octanol–water partition coefficient (Wildman–Crippen LogP) is 5.76. The van der Waals surface area contributed by atoms with Crippen LogP contribution in [0.4, 0.5) is 0 Å². The Morgan fingerprint density at radius 1 is 0.448 bits per heavy atom. The second-order valence-corrected chi connectivity index (χ2v) is 12.2. The van der Waals surface area contributed by atoms with E-state index in [1.54, 1.807) is 0 Å². The molecule has 142 valence electrons. The smallest absolute Gasteiger partial charge is 0.0724 e. The van der Waals surface area contributed by atoms with Crippen LogP contribution in [-0.2, 0) is 0 Å². The van der Waals surface area contributed by atoms with Crippen LogP contribution in [0.3, 0.4) is 0 Å². The van der Waals surface area contributed by atoms with Gasteiger partial charge in [-0.3, -0.25) is 0 Å². The van der Waals surface area contributed by atoms with Crippen LogP contribution in [0.15, 0.2) is 121 Å². The summed E-state index contributed by atoms with van der Waals surface area (Å²) < 4.78 is 0. The highest BCUT2D eigenvalue weighted by atomic mass is 31.2. The van der Waals surface area contributed by atoms with Crippen LogP contribution in [0.5, 0.6) is 0 Å². The van der Waals surface area contributed by atoms with Crippen molar-refractivity contribution < 1.29 is 0 Å². The molecule has 0 nitrogen and oxygen atoms in total. The average molecular weight is 410 g/mol. The van der Waals surface area contributed by atoms with Gasteiger partial charge in [-0.05, 0) is 21.2 Å². The van der Waals surface area contributed by atoms with E-state index in [1.807, 2.05) is 0 Å². The summed E-state index contributed by atoms with van der Waals surface area (Å²) in [4.78, 5) is 0. The van der Waals surface area contributed by atoms with Crippen LogP contribution in [0.1, 0.15) is 6.92 Å². The van der Waals surface area contributed by atoms with Gasteiger partial charge < -0.3 is 0 Å². The molecule has 0 heterocycles. The van der Waals surface area contributed by atoms with Crippen molar-refractivity contribution in [2.75, 3.05) is 0 Å². The van der Waals surface area contributed by atoms with E-state index < -0.39 is 15.6 Å². The molecule has 4 aromatic rings. The molecule has 0 fully saturated rings. The first-order valence-electron chi connectivity index (χ1n) is 10.2. The van der Waals surface area contributed by atoms with Gasteiger partial charge in [-0.25, -0.2) is 0 Å². The Morgan fingerprint density at radius 3 is 0.897 bits per heavy atom. The van der Waals surface area contributed by atoms with E-state index in [2.05, 4.69) is 128 Å². The Morgan fingerprint density at radius 2 is 0.690 bits per heavy atom. The van der Waals surface area contributed by atoms with Crippen molar-refractivity contribution in [3.8, 4) is 0 Å². The normalized spacial score (nSPS) is 11.0. The van der Waals surface area contributed by atoms with Crippen molar-refractivity contribution in [2.45, 2.75) is 13.2 Å². The Kier molecular flexibility index (Phi) is 6.94. The lowest BCUT2D eigenvalue weighted by Crippen LogP contribution is -2.30. The van der Waals surface area contributed by atoms with E-state index in [1.165, 1.54) is 21.2 Å². The van der Waals surface area contributed by atoms with Crippen LogP contribution >= 0.6 is 15.6 Å². The first kappa shape index (κ1) is 20.1. The Balaban J connectivity index is 1.88. The summed E-state index contributed by atoms with van der Waals surface area (Å²) in [6, 6.07) is 44.6. The van der Waals surface area contributed by atoms with Gasteiger partial charge in [-0.15, -0.1) is 0 Å². The minimum absolute atomic E-state index is 0.472. The average Bonchev–Trinajstić information content (AvgIpc) is 2.81. The zero-order valence-corrected chi connectivity index (χ0v) is 18.5. The van der Waals surface area contributed by atoms with E-state index in [4.69, 9.17) is 0 Å². The molecule has 0 aliphatic carbocycles. The Hall–Kier alpha value is -2.20. The van der Waals surface area contributed by atoms with Crippen molar-refractivity contribution in [1.82, 2.24) is 0 Å². The summed E-state index contributed by atoms with van der Waals surface area (Å²) in [6.45, 7) is 2.37. The summed E-state index contributed by atoms with van der Waals surface area (Å²) in [5.74, 6) is 0. The minimum Gasteiger partial charge on any atom is -0.0724 e. The number of benzene rings is 4. The molecule has 0 spiro atoms. The zero-order chi connectivity index (χ0) is 19.9. The van der Waals surface area contributed by atoms with Crippen LogP contribution in [0.2, 0.25) is 6.32 Å². The zero-order valence-electron chi connectivity index (χ0n) is 16.7. The molecule has 4 aromatic carbocycles. The van der Waals surface area contributed by atoms with Crippen molar-refractivity contribution >= 4 is 43.0 Å². The second kappa shape index (κ2) is 10.0. The molecule has 0 atom stereocenters. The third kappa shape index (κ3) is 4.70. The van der Waals surface area contributed by atoms with Gasteiger partial charge >= 0.3 is 0 Å². The molecule has 0 aliphatic rings. The van der Waals surface area contributed by atoms with Gasteiger partial charge in [0.15, 0.2) is 0 Å². The van der Waals surface area contributed by atoms with Gasteiger partial charge in [0.1, 0.15) is 0 Å². The molecule has 0 radical (unpaired) electrons. The fraction of sp³-hybridized carbons (Fsp3) is 0.0769. The fourth-order valence-electron chi connectivity index (χ4n) is 3.82. The lowest BCUT2D eigenvalue weighted by molar-refractivity contribution is 1.47. The first-order chi connectivity index (χ1) is 14.4. The van der Waals surface area contributed by atoms with Gasteiger partial charge in [-0.2, -0.15) is 0 Å². The number of rotatable bonds is 7. The Labute approximate surface area is 177 Å². The highest BCUT2D eigenvalue weighted by molar-refractivity contribution is 8.28. The third-order valence-corrected chi connectivity index (χ3v) is 11.8. The van der Waals surface area contributed by atoms with Crippen molar-refractivity contribution in [3.63, 3.8) is 0 Å². The van der Waals surface area contributed by atoms with E-state index in [-0.39, 0.29) is 0 Å². The van der Waals surface area contributed by atoms with Gasteiger partial charge in [0, 0.05) is 0 Å². The standard InChI is InChI=1S/C26H25BP2/c1-2-27(28(23-15-7-3-8-16-23)24-17-9-4-10-18-24)29(25-19-11-5-12-20-25)26-21-13-6-14-22-26/h3-22H,2H2,1H3. The maximum Gasteiger partial charge on any atom is 0.220 e. The summed E-state index contributed by atoms with van der Waals surface area (Å²) in [6.07, 6.45) is 1.74. The SMILES string of the molecule is CCB(P(c1ccccc1)c1ccccc1)P(c1ccccc1)c1ccccc1. The molecule has 4 rings (SSSR count). The molecule has 0 bridgehead atoms. The molecule has 29 heavy (non-hydrogen) atoms. The lowest BCUT2D eigenvalue weighted by Gasteiger charge is -2.33. The van der Waals surface area contributed by atoms with Crippen molar-refractivity contribution in [1.29, 1.82) is 0 Å². The summed E-state index contributed by atoms with van der Waals surface area (Å²) in [7, 11) is -0.944. The van der Waals surface area contributed by atoms with Gasteiger partial charge in [0.05, 0.1) is 0 Å². The topological polar surface area (TPSA) is 0 Å². The quantitative estimate of drug-likeness (QED) is 0.269. The summed E-state index contributed by atoms with van der Waals surface area (Å²) in [5, 5.41) is 5.89. The second-order valence-electron chi connectivity index (χ2n) is 6.97. The number of hydrogen-bond donors (Lipinski definition) is 0. The molecule has 0 aliphatic heterocycles. The highest BCUT2D eigenvalue weighted by Crippen LogP contribution is 2.54. The van der Waals surface area contributed by atoms with E-state index >= 15 is 0 Å². The largest absolute Gasteiger partial charge is 0.220 e. The highest BCUT2D eigenvalue weighted by Gasteiger charge is 2.35.